The lowest BCUT2D eigenvalue weighted by molar-refractivity contribution is 0.816. The molecular weight excluding hydrogens is 170 g/mol. The van der Waals surface area contributed by atoms with E-state index in [0.717, 1.165) is 17.3 Å². The number of benzene rings is 1. The van der Waals surface area contributed by atoms with Crippen LogP contribution in [-0.2, 0) is 6.54 Å². The van der Waals surface area contributed by atoms with E-state index in [4.69, 9.17) is 11.6 Å². The Balaban J connectivity index is 2.53. The van der Waals surface area contributed by atoms with Gasteiger partial charge in [-0.25, -0.2) is 0 Å². The van der Waals surface area contributed by atoms with E-state index in [9.17, 15) is 0 Å². The quantitative estimate of drug-likeness (QED) is 0.756. The zero-order valence-corrected chi connectivity index (χ0v) is 7.86. The van der Waals surface area contributed by atoms with Gasteiger partial charge in [0.1, 0.15) is 0 Å². The third-order valence-electron chi connectivity index (χ3n) is 1.51. The van der Waals surface area contributed by atoms with Gasteiger partial charge in [0.15, 0.2) is 0 Å². The molecule has 1 aromatic carbocycles. The van der Waals surface area contributed by atoms with Gasteiger partial charge in [-0.1, -0.05) is 30.3 Å². The van der Waals surface area contributed by atoms with E-state index >= 15 is 0 Å². The first-order valence-electron chi connectivity index (χ1n) is 3.82. The number of rotatable bonds is 3. The molecule has 1 nitrogen and oxygen atoms in total. The largest absolute Gasteiger partial charge is 0.385 e. The summed E-state index contributed by atoms with van der Waals surface area (Å²) >= 11 is 5.74. The van der Waals surface area contributed by atoms with Crippen molar-refractivity contribution in [3.63, 3.8) is 0 Å². The van der Waals surface area contributed by atoms with Crippen LogP contribution < -0.4 is 5.32 Å². The predicted molar refractivity (Wildman–Crippen MR) is 53.1 cm³/mol. The lowest BCUT2D eigenvalue weighted by Crippen LogP contribution is -2.08. The Labute approximate surface area is 78.1 Å². The van der Waals surface area contributed by atoms with Crippen molar-refractivity contribution in [2.45, 2.75) is 13.5 Å². The average molecular weight is 182 g/mol. The van der Waals surface area contributed by atoms with Crippen LogP contribution in [0.5, 0.6) is 0 Å². The van der Waals surface area contributed by atoms with Crippen molar-refractivity contribution >= 4 is 11.6 Å². The minimum atomic E-state index is 0.772. The molecule has 1 rings (SSSR count). The van der Waals surface area contributed by atoms with Crippen molar-refractivity contribution in [1.29, 1.82) is 0 Å². The Kier molecular flexibility index (Phi) is 3.18. The second-order valence-electron chi connectivity index (χ2n) is 2.76. The number of allylic oxidation sites excluding steroid dienone is 1. The molecule has 0 heterocycles. The molecule has 64 valence electrons. The van der Waals surface area contributed by atoms with Crippen LogP contribution in [0.3, 0.4) is 0 Å². The minimum Gasteiger partial charge on any atom is -0.385 e. The van der Waals surface area contributed by atoms with Crippen LogP contribution in [0.2, 0.25) is 5.02 Å². The van der Waals surface area contributed by atoms with E-state index in [0.29, 0.717) is 0 Å². The van der Waals surface area contributed by atoms with Gasteiger partial charge in [-0.2, -0.15) is 0 Å². The molecule has 0 spiro atoms. The molecule has 2 heteroatoms. The van der Waals surface area contributed by atoms with Gasteiger partial charge in [-0.3, -0.25) is 0 Å². The Morgan fingerprint density at radius 2 is 2.00 bits per heavy atom. The number of hydrogen-bond donors (Lipinski definition) is 1. The fourth-order valence-corrected chi connectivity index (χ4v) is 0.981. The molecule has 12 heavy (non-hydrogen) atoms. The van der Waals surface area contributed by atoms with Gasteiger partial charge in [0.2, 0.25) is 0 Å². The third-order valence-corrected chi connectivity index (χ3v) is 1.76. The lowest BCUT2D eigenvalue weighted by Gasteiger charge is -2.04. The number of nitrogens with one attached hydrogen (secondary N) is 1. The highest BCUT2D eigenvalue weighted by Crippen LogP contribution is 2.09. The SMILES string of the molecule is C=C(C)NCc1ccc(Cl)cc1. The van der Waals surface area contributed by atoms with Gasteiger partial charge < -0.3 is 5.32 Å². The summed E-state index contributed by atoms with van der Waals surface area (Å²) in [6, 6.07) is 7.77. The maximum Gasteiger partial charge on any atom is 0.0406 e. The van der Waals surface area contributed by atoms with Crippen molar-refractivity contribution in [3.8, 4) is 0 Å². The third kappa shape index (κ3) is 2.97. The predicted octanol–water partition coefficient (Wildman–Crippen LogP) is 2.96. The second-order valence-corrected chi connectivity index (χ2v) is 3.20. The summed E-state index contributed by atoms with van der Waals surface area (Å²) in [6.07, 6.45) is 0. The van der Waals surface area contributed by atoms with Gasteiger partial charge in [0, 0.05) is 17.3 Å². The number of hydrogen-bond acceptors (Lipinski definition) is 1. The normalized spacial score (nSPS) is 9.50. The molecule has 0 bridgehead atoms. The van der Waals surface area contributed by atoms with Gasteiger partial charge >= 0.3 is 0 Å². The van der Waals surface area contributed by atoms with E-state index < -0.39 is 0 Å². The van der Waals surface area contributed by atoms with Gasteiger partial charge in [-0.05, 0) is 24.6 Å². The summed E-state index contributed by atoms with van der Waals surface area (Å²) in [4.78, 5) is 0. The van der Waals surface area contributed by atoms with E-state index in [-0.39, 0.29) is 0 Å². The van der Waals surface area contributed by atoms with Crippen LogP contribution in [0.25, 0.3) is 0 Å². The Morgan fingerprint density at radius 1 is 1.42 bits per heavy atom. The maximum absolute atomic E-state index is 5.74. The Bertz CT molecular complexity index is 264. The molecule has 0 amide bonds. The van der Waals surface area contributed by atoms with Crippen molar-refractivity contribution in [3.05, 3.63) is 47.1 Å². The van der Waals surface area contributed by atoms with Gasteiger partial charge in [-0.15, -0.1) is 0 Å². The van der Waals surface area contributed by atoms with Crippen LogP contribution in [0.4, 0.5) is 0 Å². The summed E-state index contributed by atoms with van der Waals surface area (Å²) < 4.78 is 0. The molecule has 1 N–H and O–H groups in total. The summed E-state index contributed by atoms with van der Waals surface area (Å²) in [5.41, 5.74) is 2.19. The van der Waals surface area contributed by atoms with E-state index in [1.807, 2.05) is 31.2 Å². The second kappa shape index (κ2) is 4.17. The Hall–Kier alpha value is -0.950. The Morgan fingerprint density at radius 3 is 2.50 bits per heavy atom. The van der Waals surface area contributed by atoms with Crippen LogP contribution in [-0.4, -0.2) is 0 Å². The van der Waals surface area contributed by atoms with E-state index in [2.05, 4.69) is 11.9 Å². The minimum absolute atomic E-state index is 0.772. The molecule has 0 aromatic heterocycles. The molecule has 0 saturated heterocycles. The highest BCUT2D eigenvalue weighted by Gasteiger charge is 1.91. The zero-order chi connectivity index (χ0) is 8.97. The first-order chi connectivity index (χ1) is 5.68. The van der Waals surface area contributed by atoms with E-state index in [1.165, 1.54) is 5.56 Å². The maximum atomic E-state index is 5.74. The van der Waals surface area contributed by atoms with Crippen molar-refractivity contribution in [1.82, 2.24) is 5.32 Å². The van der Waals surface area contributed by atoms with Gasteiger partial charge in [0.05, 0.1) is 0 Å². The van der Waals surface area contributed by atoms with Crippen LogP contribution in [0, 0.1) is 0 Å². The highest BCUT2D eigenvalue weighted by molar-refractivity contribution is 6.30. The summed E-state index contributed by atoms with van der Waals surface area (Å²) in [7, 11) is 0. The van der Waals surface area contributed by atoms with E-state index in [1.54, 1.807) is 0 Å². The fraction of sp³-hybridized carbons (Fsp3) is 0.200. The summed E-state index contributed by atoms with van der Waals surface area (Å²) in [5, 5.41) is 3.92. The monoisotopic (exact) mass is 181 g/mol. The van der Waals surface area contributed by atoms with Crippen molar-refractivity contribution in [2.75, 3.05) is 0 Å². The van der Waals surface area contributed by atoms with Crippen LogP contribution in [0.15, 0.2) is 36.5 Å². The topological polar surface area (TPSA) is 12.0 Å². The summed E-state index contributed by atoms with van der Waals surface area (Å²) in [5.74, 6) is 0. The van der Waals surface area contributed by atoms with Crippen LogP contribution in [0.1, 0.15) is 12.5 Å². The molecule has 1 aromatic rings. The first kappa shape index (κ1) is 9.14. The van der Waals surface area contributed by atoms with Crippen molar-refractivity contribution in [2.24, 2.45) is 0 Å². The molecule has 0 saturated carbocycles. The molecule has 0 aliphatic rings. The lowest BCUT2D eigenvalue weighted by atomic mass is 10.2. The highest BCUT2D eigenvalue weighted by atomic mass is 35.5. The smallest absolute Gasteiger partial charge is 0.0406 e. The fourth-order valence-electron chi connectivity index (χ4n) is 0.855. The molecule has 0 aliphatic carbocycles. The van der Waals surface area contributed by atoms with Crippen molar-refractivity contribution < 1.29 is 0 Å². The molecule has 0 radical (unpaired) electrons. The molecule has 0 unspecified atom stereocenters. The van der Waals surface area contributed by atoms with Gasteiger partial charge in [0.25, 0.3) is 0 Å². The first-order valence-corrected chi connectivity index (χ1v) is 4.20. The number of halogens is 1. The molecule has 0 atom stereocenters. The zero-order valence-electron chi connectivity index (χ0n) is 7.10. The summed E-state index contributed by atoms with van der Waals surface area (Å²) in [6.45, 7) is 6.50. The molecular formula is C10H12ClN. The standard InChI is InChI=1S/C10H12ClN/c1-8(2)12-7-9-3-5-10(11)6-4-9/h3-6,12H,1,7H2,2H3. The molecule has 0 fully saturated rings. The van der Waals surface area contributed by atoms with Crippen LogP contribution >= 0.6 is 11.6 Å². The molecule has 0 aliphatic heterocycles. The average Bonchev–Trinajstić information content (AvgIpc) is 2.03.